The third-order valence-corrected chi connectivity index (χ3v) is 4.54. The number of hydrogen-bond acceptors (Lipinski definition) is 4. The Balaban J connectivity index is 1.80. The monoisotopic (exact) mass is 359 g/mol. The van der Waals surface area contributed by atoms with E-state index < -0.39 is 0 Å². The highest BCUT2D eigenvalue weighted by Crippen LogP contribution is 2.25. The summed E-state index contributed by atoms with van der Waals surface area (Å²) in [6.07, 6.45) is 2.85. The molecule has 2 unspecified atom stereocenters. The molecule has 0 saturated carbocycles. The van der Waals surface area contributed by atoms with E-state index >= 15 is 0 Å². The van der Waals surface area contributed by atoms with Crippen molar-refractivity contribution in [2.75, 3.05) is 13.1 Å². The van der Waals surface area contributed by atoms with Crippen LogP contribution in [0, 0.1) is 11.8 Å². The van der Waals surface area contributed by atoms with E-state index in [2.05, 4.69) is 28.9 Å². The molecular formula is C19H22ClN3O2. The molecular weight excluding hydrogens is 338 g/mol. The highest BCUT2D eigenvalue weighted by atomic mass is 35.5. The van der Waals surface area contributed by atoms with Gasteiger partial charge in [-0.25, -0.2) is 4.98 Å². The fourth-order valence-corrected chi connectivity index (χ4v) is 3.49. The first kappa shape index (κ1) is 17.5. The van der Waals surface area contributed by atoms with E-state index in [0.29, 0.717) is 34.3 Å². The summed E-state index contributed by atoms with van der Waals surface area (Å²) in [7, 11) is 0. The van der Waals surface area contributed by atoms with E-state index in [0.717, 1.165) is 18.7 Å². The molecule has 25 heavy (non-hydrogen) atoms. The first-order valence-corrected chi connectivity index (χ1v) is 8.80. The molecule has 6 heteroatoms. The van der Waals surface area contributed by atoms with Crippen LogP contribution in [0.3, 0.4) is 0 Å². The molecule has 1 aliphatic heterocycles. The van der Waals surface area contributed by atoms with Crippen molar-refractivity contribution < 1.29 is 9.94 Å². The van der Waals surface area contributed by atoms with Crippen molar-refractivity contribution in [2.24, 2.45) is 17.0 Å². The molecule has 1 aromatic carbocycles. The Bertz CT molecular complexity index is 739. The third-order valence-electron chi connectivity index (χ3n) is 4.29. The lowest BCUT2D eigenvalue weighted by Gasteiger charge is -2.36. The molecule has 0 bridgehead atoms. The van der Waals surface area contributed by atoms with E-state index in [1.807, 2.05) is 6.07 Å². The molecule has 132 valence electrons. The van der Waals surface area contributed by atoms with Gasteiger partial charge in [0.15, 0.2) is 5.84 Å². The van der Waals surface area contributed by atoms with Crippen LogP contribution in [0.15, 0.2) is 47.8 Å². The first-order chi connectivity index (χ1) is 12.0. The second kappa shape index (κ2) is 7.74. The standard InChI is InChI=1S/C19H22ClN3O2/c1-13-9-14(2)12-23(11-13)19(22-24)15-7-8-21-18(10-15)25-17-5-3-16(20)4-6-17/h3-8,10,13-14,24H,9,11-12H2,1-2H3/b22-19-. The minimum absolute atomic E-state index is 0.444. The third kappa shape index (κ3) is 4.42. The van der Waals surface area contributed by atoms with Crippen LogP contribution in [0.25, 0.3) is 0 Å². The normalized spacial score (nSPS) is 21.2. The number of halogens is 1. The van der Waals surface area contributed by atoms with Gasteiger partial charge < -0.3 is 14.8 Å². The predicted molar refractivity (Wildman–Crippen MR) is 98.6 cm³/mol. The summed E-state index contributed by atoms with van der Waals surface area (Å²) in [6, 6.07) is 10.7. The van der Waals surface area contributed by atoms with Gasteiger partial charge in [0.1, 0.15) is 5.75 Å². The topological polar surface area (TPSA) is 58.0 Å². The molecule has 0 amide bonds. The Labute approximate surface area is 152 Å². The molecule has 1 aromatic heterocycles. The number of hydrogen-bond donors (Lipinski definition) is 1. The van der Waals surface area contributed by atoms with Gasteiger partial charge in [0.2, 0.25) is 5.88 Å². The van der Waals surface area contributed by atoms with Crippen molar-refractivity contribution in [3.63, 3.8) is 0 Å². The molecule has 0 radical (unpaired) electrons. The van der Waals surface area contributed by atoms with Crippen molar-refractivity contribution in [1.82, 2.24) is 9.88 Å². The summed E-state index contributed by atoms with van der Waals surface area (Å²) < 4.78 is 5.77. The Morgan fingerprint density at radius 2 is 1.88 bits per heavy atom. The summed E-state index contributed by atoms with van der Waals surface area (Å²) in [5.41, 5.74) is 0.780. The molecule has 0 spiro atoms. The lowest BCUT2D eigenvalue weighted by Crippen LogP contribution is -2.43. The zero-order chi connectivity index (χ0) is 17.8. The Morgan fingerprint density at radius 3 is 2.52 bits per heavy atom. The number of rotatable bonds is 3. The number of benzene rings is 1. The van der Waals surface area contributed by atoms with Crippen LogP contribution < -0.4 is 4.74 Å². The van der Waals surface area contributed by atoms with Crippen LogP contribution in [0.5, 0.6) is 11.6 Å². The van der Waals surface area contributed by atoms with E-state index in [-0.39, 0.29) is 0 Å². The average Bonchev–Trinajstić information content (AvgIpc) is 2.57. The largest absolute Gasteiger partial charge is 0.439 e. The Kier molecular flexibility index (Phi) is 5.43. The summed E-state index contributed by atoms with van der Waals surface area (Å²) in [5, 5.41) is 13.8. The SMILES string of the molecule is CC1CC(C)CN(/C(=N\O)c2ccnc(Oc3ccc(Cl)cc3)c2)C1. The molecule has 2 aromatic rings. The quantitative estimate of drug-likeness (QED) is 0.375. The molecule has 1 N–H and O–H groups in total. The van der Waals surface area contributed by atoms with Gasteiger partial charge in [0, 0.05) is 35.9 Å². The summed E-state index contributed by atoms with van der Waals surface area (Å²) in [5.74, 6) is 2.77. The minimum Gasteiger partial charge on any atom is -0.439 e. The number of aromatic nitrogens is 1. The lowest BCUT2D eigenvalue weighted by molar-refractivity contribution is 0.204. The minimum atomic E-state index is 0.444. The summed E-state index contributed by atoms with van der Waals surface area (Å²) in [4.78, 5) is 6.36. The molecule has 2 heterocycles. The van der Waals surface area contributed by atoms with Gasteiger partial charge in [0.25, 0.3) is 0 Å². The van der Waals surface area contributed by atoms with Crippen LogP contribution in [0.4, 0.5) is 0 Å². The molecule has 2 atom stereocenters. The highest BCUT2D eigenvalue weighted by molar-refractivity contribution is 6.30. The number of ether oxygens (including phenoxy) is 1. The van der Waals surface area contributed by atoms with Crippen molar-refractivity contribution in [1.29, 1.82) is 0 Å². The van der Waals surface area contributed by atoms with E-state index in [4.69, 9.17) is 16.3 Å². The predicted octanol–water partition coefficient (Wildman–Crippen LogP) is 4.64. The smallest absolute Gasteiger partial charge is 0.219 e. The van der Waals surface area contributed by atoms with Crippen LogP contribution >= 0.6 is 11.6 Å². The Morgan fingerprint density at radius 1 is 1.20 bits per heavy atom. The second-order valence-corrected chi connectivity index (χ2v) is 7.15. The molecule has 1 saturated heterocycles. The number of pyridine rings is 1. The van der Waals surface area contributed by atoms with Crippen LogP contribution in [-0.4, -0.2) is 34.0 Å². The first-order valence-electron chi connectivity index (χ1n) is 8.42. The van der Waals surface area contributed by atoms with Gasteiger partial charge in [-0.15, -0.1) is 0 Å². The maximum Gasteiger partial charge on any atom is 0.219 e. The van der Waals surface area contributed by atoms with Crippen molar-refractivity contribution >= 4 is 17.4 Å². The van der Waals surface area contributed by atoms with Gasteiger partial charge in [-0.1, -0.05) is 30.6 Å². The van der Waals surface area contributed by atoms with E-state index in [1.54, 1.807) is 36.5 Å². The molecule has 0 aliphatic carbocycles. The maximum absolute atomic E-state index is 9.59. The summed E-state index contributed by atoms with van der Waals surface area (Å²) >= 11 is 5.89. The Hall–Kier alpha value is -2.27. The van der Waals surface area contributed by atoms with Gasteiger partial charge >= 0.3 is 0 Å². The van der Waals surface area contributed by atoms with E-state index in [1.165, 1.54) is 6.42 Å². The number of oxime groups is 1. The van der Waals surface area contributed by atoms with Crippen molar-refractivity contribution in [2.45, 2.75) is 20.3 Å². The van der Waals surface area contributed by atoms with Crippen molar-refractivity contribution in [3.8, 4) is 11.6 Å². The number of amidine groups is 1. The van der Waals surface area contributed by atoms with Crippen LogP contribution in [0.2, 0.25) is 5.02 Å². The van der Waals surface area contributed by atoms with Crippen LogP contribution in [-0.2, 0) is 0 Å². The highest BCUT2D eigenvalue weighted by Gasteiger charge is 2.25. The maximum atomic E-state index is 9.59. The number of piperidine rings is 1. The van der Waals surface area contributed by atoms with Gasteiger partial charge in [-0.3, -0.25) is 0 Å². The molecule has 1 aliphatic rings. The van der Waals surface area contributed by atoms with Crippen molar-refractivity contribution in [3.05, 3.63) is 53.2 Å². The van der Waals surface area contributed by atoms with E-state index in [9.17, 15) is 5.21 Å². The number of nitrogens with zero attached hydrogens (tertiary/aromatic N) is 3. The van der Waals surface area contributed by atoms with Crippen LogP contribution in [0.1, 0.15) is 25.8 Å². The van der Waals surface area contributed by atoms with Gasteiger partial charge in [0.05, 0.1) is 0 Å². The zero-order valence-corrected chi connectivity index (χ0v) is 15.1. The lowest BCUT2D eigenvalue weighted by atomic mass is 9.91. The fraction of sp³-hybridized carbons (Fsp3) is 0.368. The fourth-order valence-electron chi connectivity index (χ4n) is 3.37. The zero-order valence-electron chi connectivity index (χ0n) is 14.4. The summed E-state index contributed by atoms with van der Waals surface area (Å²) in [6.45, 7) is 6.19. The number of likely N-dealkylation sites (tertiary alicyclic amines) is 1. The molecule has 3 rings (SSSR count). The molecule has 5 nitrogen and oxygen atoms in total. The second-order valence-electron chi connectivity index (χ2n) is 6.71. The van der Waals surface area contributed by atoms with Gasteiger partial charge in [-0.05, 0) is 48.6 Å². The molecule has 1 fully saturated rings. The van der Waals surface area contributed by atoms with Gasteiger partial charge in [-0.2, -0.15) is 0 Å². The average molecular weight is 360 g/mol.